The minimum absolute atomic E-state index is 0.289. The van der Waals surface area contributed by atoms with Gasteiger partial charge in [0.15, 0.2) is 5.82 Å². The van der Waals surface area contributed by atoms with E-state index in [0.717, 1.165) is 0 Å². The Kier molecular flexibility index (Phi) is 3.39. The molecule has 1 N–H and O–H groups in total. The summed E-state index contributed by atoms with van der Waals surface area (Å²) in [6, 6.07) is 5.13. The Balaban J connectivity index is 2.42. The van der Waals surface area contributed by atoms with Crippen molar-refractivity contribution in [2.75, 3.05) is 0 Å². The summed E-state index contributed by atoms with van der Waals surface area (Å²) in [5.41, 5.74) is 0.688. The molecule has 8 heteroatoms. The predicted molar refractivity (Wildman–Crippen MR) is 63.6 cm³/mol. The topological polar surface area (TPSA) is 80.9 Å². The highest BCUT2D eigenvalue weighted by Crippen LogP contribution is 2.27. The van der Waals surface area contributed by atoms with Crippen LogP contribution in [0.3, 0.4) is 0 Å². The van der Waals surface area contributed by atoms with Crippen LogP contribution in [0.1, 0.15) is 0 Å². The zero-order valence-corrected chi connectivity index (χ0v) is 10.7. The summed E-state index contributed by atoms with van der Waals surface area (Å²) in [6.07, 6.45) is 0. The van der Waals surface area contributed by atoms with Crippen LogP contribution in [0.15, 0.2) is 22.7 Å². The van der Waals surface area contributed by atoms with Crippen molar-refractivity contribution < 1.29 is 9.90 Å². The highest BCUT2D eigenvalue weighted by molar-refractivity contribution is 9.10. The largest absolute Gasteiger partial charge is 0.480 e. The van der Waals surface area contributed by atoms with Gasteiger partial charge in [-0.05, 0) is 44.6 Å². The number of carboxylic acids is 1. The van der Waals surface area contributed by atoms with Crippen molar-refractivity contribution in [1.82, 2.24) is 20.2 Å². The second kappa shape index (κ2) is 4.80. The molecule has 1 aromatic heterocycles. The summed E-state index contributed by atoms with van der Waals surface area (Å²) in [5, 5.41) is 20.1. The normalized spacial score (nSPS) is 10.5. The molecular formula is C9H6BrClN4O2. The SMILES string of the molecule is O=C(O)Cn1nnnc1-c1ccc(Cl)c(Br)c1. The van der Waals surface area contributed by atoms with Crippen LogP contribution < -0.4 is 0 Å². The van der Waals surface area contributed by atoms with Crippen LogP contribution in [0.2, 0.25) is 5.02 Å². The lowest BCUT2D eigenvalue weighted by Gasteiger charge is -2.03. The molecule has 0 aliphatic rings. The average Bonchev–Trinajstić information content (AvgIpc) is 2.69. The number of carboxylic acid groups (broad SMARTS) is 1. The molecule has 1 aromatic carbocycles. The van der Waals surface area contributed by atoms with E-state index in [-0.39, 0.29) is 6.54 Å². The van der Waals surface area contributed by atoms with Gasteiger partial charge in [0, 0.05) is 10.0 Å². The van der Waals surface area contributed by atoms with E-state index in [0.29, 0.717) is 20.9 Å². The quantitative estimate of drug-likeness (QED) is 0.934. The van der Waals surface area contributed by atoms with Crippen LogP contribution in [-0.2, 0) is 11.3 Å². The average molecular weight is 318 g/mol. The molecule has 0 aliphatic heterocycles. The summed E-state index contributed by atoms with van der Waals surface area (Å²) in [5.74, 6) is -0.628. The number of nitrogens with zero attached hydrogens (tertiary/aromatic N) is 4. The number of carbonyl (C=O) groups is 1. The number of benzene rings is 1. The van der Waals surface area contributed by atoms with E-state index in [1.165, 1.54) is 4.68 Å². The maximum atomic E-state index is 10.6. The molecule has 0 atom stereocenters. The highest BCUT2D eigenvalue weighted by Gasteiger charge is 2.12. The Labute approximate surface area is 109 Å². The van der Waals surface area contributed by atoms with Gasteiger partial charge in [0.25, 0.3) is 0 Å². The Morgan fingerprint density at radius 2 is 2.29 bits per heavy atom. The number of rotatable bonds is 3. The predicted octanol–water partition coefficient (Wildman–Crippen LogP) is 1.84. The molecule has 0 saturated heterocycles. The number of aromatic nitrogens is 4. The fourth-order valence-electron chi connectivity index (χ4n) is 1.28. The number of halogens is 2. The van der Waals surface area contributed by atoms with Gasteiger partial charge in [0.2, 0.25) is 0 Å². The first-order valence-electron chi connectivity index (χ1n) is 4.51. The van der Waals surface area contributed by atoms with Crippen molar-refractivity contribution in [3.63, 3.8) is 0 Å². The zero-order valence-electron chi connectivity index (χ0n) is 8.34. The molecule has 0 aliphatic carbocycles. The molecule has 88 valence electrons. The van der Waals surface area contributed by atoms with Crippen LogP contribution in [0.4, 0.5) is 0 Å². The fourth-order valence-corrected chi connectivity index (χ4v) is 1.78. The van der Waals surface area contributed by atoms with E-state index in [9.17, 15) is 4.79 Å². The summed E-state index contributed by atoms with van der Waals surface area (Å²) in [4.78, 5) is 10.6. The van der Waals surface area contributed by atoms with E-state index < -0.39 is 5.97 Å². The number of hydrogen-bond donors (Lipinski definition) is 1. The van der Waals surface area contributed by atoms with Gasteiger partial charge in [-0.15, -0.1) is 5.10 Å². The van der Waals surface area contributed by atoms with Crippen LogP contribution in [0.5, 0.6) is 0 Å². The summed E-state index contributed by atoms with van der Waals surface area (Å²) in [6.45, 7) is -0.289. The molecule has 17 heavy (non-hydrogen) atoms. The number of aliphatic carboxylic acids is 1. The minimum Gasteiger partial charge on any atom is -0.480 e. The van der Waals surface area contributed by atoms with E-state index in [1.54, 1.807) is 18.2 Å². The first kappa shape index (κ1) is 12.0. The van der Waals surface area contributed by atoms with Crippen molar-refractivity contribution >= 4 is 33.5 Å². The van der Waals surface area contributed by atoms with Crippen LogP contribution in [-0.4, -0.2) is 31.3 Å². The summed E-state index contributed by atoms with van der Waals surface area (Å²) >= 11 is 9.15. The van der Waals surface area contributed by atoms with Crippen molar-refractivity contribution in [1.29, 1.82) is 0 Å². The molecule has 6 nitrogen and oxygen atoms in total. The van der Waals surface area contributed by atoms with Gasteiger partial charge in [-0.25, -0.2) is 4.68 Å². The standard InChI is InChI=1S/C9H6BrClN4O2/c10-6-3-5(1-2-7(6)11)9-12-13-14-15(9)4-8(16)17/h1-3H,4H2,(H,16,17). The van der Waals surface area contributed by atoms with E-state index in [4.69, 9.17) is 16.7 Å². The lowest BCUT2D eigenvalue weighted by atomic mass is 10.2. The Morgan fingerprint density at radius 1 is 1.53 bits per heavy atom. The second-order valence-corrected chi connectivity index (χ2v) is 4.44. The molecule has 0 saturated carbocycles. The van der Waals surface area contributed by atoms with Crippen molar-refractivity contribution in [2.45, 2.75) is 6.54 Å². The lowest BCUT2D eigenvalue weighted by Crippen LogP contribution is -2.11. The van der Waals surface area contributed by atoms with Gasteiger partial charge in [-0.1, -0.05) is 11.6 Å². The lowest BCUT2D eigenvalue weighted by molar-refractivity contribution is -0.137. The molecule has 0 bridgehead atoms. The highest BCUT2D eigenvalue weighted by atomic mass is 79.9. The fraction of sp³-hybridized carbons (Fsp3) is 0.111. The molecule has 0 radical (unpaired) electrons. The van der Waals surface area contributed by atoms with E-state index >= 15 is 0 Å². The molecule has 0 spiro atoms. The molecule has 0 fully saturated rings. The number of tetrazole rings is 1. The molecule has 1 heterocycles. The Bertz CT molecular complexity index is 572. The van der Waals surface area contributed by atoms with Crippen molar-refractivity contribution in [2.24, 2.45) is 0 Å². The summed E-state index contributed by atoms with van der Waals surface area (Å²) in [7, 11) is 0. The van der Waals surface area contributed by atoms with E-state index in [1.807, 2.05) is 0 Å². The van der Waals surface area contributed by atoms with Crippen LogP contribution in [0, 0.1) is 0 Å². The third kappa shape index (κ3) is 2.62. The Hall–Kier alpha value is -1.47. The van der Waals surface area contributed by atoms with Crippen molar-refractivity contribution in [3.05, 3.63) is 27.7 Å². The second-order valence-electron chi connectivity index (χ2n) is 3.18. The third-order valence-electron chi connectivity index (χ3n) is 1.99. The van der Waals surface area contributed by atoms with Crippen LogP contribution >= 0.6 is 27.5 Å². The monoisotopic (exact) mass is 316 g/mol. The summed E-state index contributed by atoms with van der Waals surface area (Å²) < 4.78 is 1.90. The molecule has 2 rings (SSSR count). The maximum absolute atomic E-state index is 10.6. The molecule has 0 amide bonds. The minimum atomic E-state index is -1.01. The van der Waals surface area contributed by atoms with Gasteiger partial charge in [-0.3, -0.25) is 4.79 Å². The van der Waals surface area contributed by atoms with Gasteiger partial charge >= 0.3 is 5.97 Å². The van der Waals surface area contributed by atoms with Gasteiger partial charge < -0.3 is 5.11 Å². The van der Waals surface area contributed by atoms with Gasteiger partial charge in [-0.2, -0.15) is 0 Å². The molecule has 2 aromatic rings. The molecule has 0 unspecified atom stereocenters. The first-order valence-corrected chi connectivity index (χ1v) is 5.68. The Morgan fingerprint density at radius 3 is 2.94 bits per heavy atom. The van der Waals surface area contributed by atoms with E-state index in [2.05, 4.69) is 31.5 Å². The van der Waals surface area contributed by atoms with Crippen molar-refractivity contribution in [3.8, 4) is 11.4 Å². The van der Waals surface area contributed by atoms with Crippen LogP contribution in [0.25, 0.3) is 11.4 Å². The molecular weight excluding hydrogens is 311 g/mol. The zero-order chi connectivity index (χ0) is 12.4. The third-order valence-corrected chi connectivity index (χ3v) is 3.21. The van der Waals surface area contributed by atoms with Gasteiger partial charge in [0.1, 0.15) is 6.54 Å². The smallest absolute Gasteiger partial charge is 0.325 e. The van der Waals surface area contributed by atoms with Gasteiger partial charge in [0.05, 0.1) is 5.02 Å². The number of hydrogen-bond acceptors (Lipinski definition) is 4. The maximum Gasteiger partial charge on any atom is 0.325 e. The first-order chi connectivity index (χ1) is 8.08.